The summed E-state index contributed by atoms with van der Waals surface area (Å²) in [6, 6.07) is 0. The largest absolute Gasteiger partial charge is 0.388 e. The number of Topliss-reactive ketones (excluding diaryl/α,β-unsaturated/α-hetero) is 1. The average Bonchev–Trinajstić information content (AvgIpc) is 2.97. The van der Waals surface area contributed by atoms with Crippen LogP contribution in [0.2, 0.25) is 0 Å². The van der Waals surface area contributed by atoms with Crippen LogP contribution in [0.5, 0.6) is 0 Å². The van der Waals surface area contributed by atoms with E-state index < -0.39 is 11.9 Å². The molecule has 0 unspecified atom stereocenters. The van der Waals surface area contributed by atoms with Crippen molar-refractivity contribution in [3.8, 4) is 0 Å². The number of aliphatic hydroxyl groups excluding tert-OH is 1. The van der Waals surface area contributed by atoms with Gasteiger partial charge >= 0.3 is 0 Å². The van der Waals surface area contributed by atoms with Gasteiger partial charge in [0.15, 0.2) is 5.79 Å². The molecule has 4 saturated carbocycles. The van der Waals surface area contributed by atoms with Gasteiger partial charge in [-0.25, -0.2) is 0 Å². The molecular formula is C19H28O4. The SMILES string of the molecule is C[C@]12CC[C@@H]3[C@@H](CC[C@H]4C[C@H](O)[C@@]5(O)C[C@]43CO5)[C@H]1CC(=O)C2. The second-order valence-corrected chi connectivity index (χ2v) is 9.56. The molecule has 8 atom stereocenters. The normalized spacial score (nSPS) is 61.0. The molecule has 5 fully saturated rings. The molecule has 23 heavy (non-hydrogen) atoms. The van der Waals surface area contributed by atoms with Crippen molar-refractivity contribution >= 4 is 5.78 Å². The molecule has 1 heterocycles. The predicted molar refractivity (Wildman–Crippen MR) is 83.4 cm³/mol. The van der Waals surface area contributed by atoms with Crippen LogP contribution in [-0.4, -0.2) is 34.5 Å². The summed E-state index contributed by atoms with van der Waals surface area (Å²) in [7, 11) is 0. The number of rotatable bonds is 0. The Hall–Kier alpha value is -0.450. The summed E-state index contributed by atoms with van der Waals surface area (Å²) in [5.41, 5.74) is 0.259. The van der Waals surface area contributed by atoms with Crippen LogP contribution in [0.4, 0.5) is 0 Å². The van der Waals surface area contributed by atoms with E-state index in [2.05, 4.69) is 6.92 Å². The molecule has 1 saturated heterocycles. The number of carbonyl (C=O) groups excluding carboxylic acids is 1. The summed E-state index contributed by atoms with van der Waals surface area (Å²) < 4.78 is 5.78. The maximum atomic E-state index is 12.1. The van der Waals surface area contributed by atoms with Crippen LogP contribution in [0.1, 0.15) is 58.3 Å². The fourth-order valence-electron chi connectivity index (χ4n) is 7.52. The molecule has 0 amide bonds. The number of carbonyl (C=O) groups is 1. The number of fused-ring (bicyclic) bond motifs is 4. The van der Waals surface area contributed by atoms with Crippen LogP contribution < -0.4 is 0 Å². The van der Waals surface area contributed by atoms with Crippen LogP contribution in [0.3, 0.4) is 0 Å². The monoisotopic (exact) mass is 320 g/mol. The Kier molecular flexibility index (Phi) is 2.83. The zero-order valence-electron chi connectivity index (χ0n) is 14.0. The van der Waals surface area contributed by atoms with Gasteiger partial charge < -0.3 is 14.9 Å². The van der Waals surface area contributed by atoms with E-state index in [0.29, 0.717) is 48.9 Å². The van der Waals surface area contributed by atoms with Gasteiger partial charge in [-0.1, -0.05) is 6.92 Å². The van der Waals surface area contributed by atoms with Gasteiger partial charge in [0, 0.05) is 24.7 Å². The highest BCUT2D eigenvalue weighted by Crippen LogP contribution is 2.68. The first-order chi connectivity index (χ1) is 10.9. The number of aliphatic hydroxyl groups is 2. The second-order valence-electron chi connectivity index (χ2n) is 9.56. The van der Waals surface area contributed by atoms with Crippen molar-refractivity contribution in [3.05, 3.63) is 0 Å². The topological polar surface area (TPSA) is 66.8 Å². The van der Waals surface area contributed by atoms with E-state index in [-0.39, 0.29) is 10.8 Å². The Bertz CT molecular complexity index is 562. The van der Waals surface area contributed by atoms with Gasteiger partial charge in [-0.2, -0.15) is 0 Å². The molecule has 0 aromatic carbocycles. The molecule has 2 bridgehead atoms. The van der Waals surface area contributed by atoms with Crippen LogP contribution in [0.15, 0.2) is 0 Å². The Morgan fingerprint density at radius 1 is 1.22 bits per heavy atom. The van der Waals surface area contributed by atoms with Crippen molar-refractivity contribution in [1.29, 1.82) is 0 Å². The lowest BCUT2D eigenvalue weighted by Crippen LogP contribution is -2.57. The van der Waals surface area contributed by atoms with Gasteiger partial charge in [0.2, 0.25) is 0 Å². The van der Waals surface area contributed by atoms with Crippen LogP contribution in [0.25, 0.3) is 0 Å². The number of ether oxygens (including phenoxy) is 1. The summed E-state index contributed by atoms with van der Waals surface area (Å²) in [6.07, 6.45) is 6.71. The van der Waals surface area contributed by atoms with Crippen molar-refractivity contribution < 1.29 is 19.7 Å². The highest BCUT2D eigenvalue weighted by atomic mass is 16.6. The van der Waals surface area contributed by atoms with E-state index in [1.165, 1.54) is 6.42 Å². The molecule has 4 nitrogen and oxygen atoms in total. The van der Waals surface area contributed by atoms with E-state index in [9.17, 15) is 15.0 Å². The van der Waals surface area contributed by atoms with Crippen LogP contribution in [-0.2, 0) is 9.53 Å². The fourth-order valence-corrected chi connectivity index (χ4v) is 7.52. The number of hydrogen-bond donors (Lipinski definition) is 2. The fraction of sp³-hybridized carbons (Fsp3) is 0.947. The van der Waals surface area contributed by atoms with Crippen molar-refractivity contribution in [2.45, 2.75) is 70.2 Å². The van der Waals surface area contributed by atoms with Gasteiger partial charge in [0.25, 0.3) is 0 Å². The molecule has 1 aliphatic heterocycles. The molecular weight excluding hydrogens is 292 g/mol. The average molecular weight is 320 g/mol. The molecule has 128 valence electrons. The zero-order valence-corrected chi connectivity index (χ0v) is 14.0. The van der Waals surface area contributed by atoms with Crippen molar-refractivity contribution in [2.75, 3.05) is 6.61 Å². The minimum Gasteiger partial charge on any atom is -0.388 e. The maximum absolute atomic E-state index is 12.1. The molecule has 4 heteroatoms. The maximum Gasteiger partial charge on any atom is 0.192 e. The molecule has 4 aliphatic carbocycles. The lowest BCUT2D eigenvalue weighted by Gasteiger charge is -2.59. The third-order valence-corrected chi connectivity index (χ3v) is 8.61. The Balaban J connectivity index is 1.51. The summed E-state index contributed by atoms with van der Waals surface area (Å²) in [5, 5.41) is 21.0. The summed E-state index contributed by atoms with van der Waals surface area (Å²) in [5.74, 6) is 1.32. The Morgan fingerprint density at radius 3 is 2.87 bits per heavy atom. The Morgan fingerprint density at radius 2 is 2.04 bits per heavy atom. The third kappa shape index (κ3) is 1.75. The van der Waals surface area contributed by atoms with E-state index in [0.717, 1.165) is 32.1 Å². The first-order valence-electron chi connectivity index (χ1n) is 9.42. The molecule has 0 aromatic heterocycles. The second kappa shape index (κ2) is 4.39. The van der Waals surface area contributed by atoms with Crippen LogP contribution in [0, 0.1) is 34.5 Å². The van der Waals surface area contributed by atoms with Crippen molar-refractivity contribution in [2.24, 2.45) is 34.5 Å². The van der Waals surface area contributed by atoms with Gasteiger partial charge in [-0.3, -0.25) is 4.79 Å². The molecule has 2 N–H and O–H groups in total. The predicted octanol–water partition coefficient (Wildman–Crippen LogP) is 2.27. The number of hydrogen-bond acceptors (Lipinski definition) is 4. The third-order valence-electron chi connectivity index (χ3n) is 8.61. The van der Waals surface area contributed by atoms with Gasteiger partial charge in [0.05, 0.1) is 6.61 Å². The quantitative estimate of drug-likeness (QED) is 0.718. The molecule has 5 aliphatic rings. The zero-order chi connectivity index (χ0) is 16.0. The van der Waals surface area contributed by atoms with Gasteiger partial charge in [-0.15, -0.1) is 0 Å². The van der Waals surface area contributed by atoms with Gasteiger partial charge in [-0.05, 0) is 61.2 Å². The minimum atomic E-state index is -1.31. The minimum absolute atomic E-state index is 0.0455. The van der Waals surface area contributed by atoms with E-state index >= 15 is 0 Å². The highest BCUT2D eigenvalue weighted by molar-refractivity contribution is 5.82. The smallest absolute Gasteiger partial charge is 0.192 e. The summed E-state index contributed by atoms with van der Waals surface area (Å²) in [4.78, 5) is 12.1. The molecule has 5 rings (SSSR count). The molecule has 1 spiro atoms. The summed E-state index contributed by atoms with van der Waals surface area (Å²) in [6.45, 7) is 2.93. The first kappa shape index (κ1) is 14.9. The lowest BCUT2D eigenvalue weighted by molar-refractivity contribution is -0.242. The van der Waals surface area contributed by atoms with Crippen molar-refractivity contribution in [3.63, 3.8) is 0 Å². The molecule has 0 aromatic rings. The highest BCUT2D eigenvalue weighted by Gasteiger charge is 2.68. The van der Waals surface area contributed by atoms with E-state index in [4.69, 9.17) is 4.74 Å². The van der Waals surface area contributed by atoms with Gasteiger partial charge in [0.1, 0.15) is 11.9 Å². The van der Waals surface area contributed by atoms with Crippen LogP contribution >= 0.6 is 0 Å². The van der Waals surface area contributed by atoms with Crippen molar-refractivity contribution in [1.82, 2.24) is 0 Å². The first-order valence-corrected chi connectivity index (χ1v) is 9.42. The standard InChI is InChI=1S/C19H28O4/c1-17-5-4-14-13(15(17)7-12(20)8-17)3-2-11-6-16(21)19(22)9-18(11,14)10-23-19/h11,13-16,21-22H,2-10H2,1H3/t11-,13+,14+,15+,16-,17+,18-,19+/m0/s1. The summed E-state index contributed by atoms with van der Waals surface area (Å²) >= 11 is 0. The lowest BCUT2D eigenvalue weighted by atomic mass is 9.45. The number of ketones is 1. The van der Waals surface area contributed by atoms with E-state index in [1.807, 2.05) is 0 Å². The Labute approximate surface area is 137 Å². The van der Waals surface area contributed by atoms with E-state index in [1.54, 1.807) is 0 Å². The molecule has 0 radical (unpaired) electrons.